The fraction of sp³-hybridized carbons (Fsp3) is 0.667. The summed E-state index contributed by atoms with van der Waals surface area (Å²) in [5.74, 6) is 1.08. The van der Waals surface area contributed by atoms with E-state index in [9.17, 15) is 0 Å². The second-order valence-electron chi connectivity index (χ2n) is 6.91. The highest BCUT2D eigenvalue weighted by atomic mass is 16.5. The topological polar surface area (TPSA) is 9.23 Å². The second kappa shape index (κ2) is 5.56. The van der Waals surface area contributed by atoms with E-state index in [1.165, 1.54) is 16.7 Å². The molecule has 1 nitrogen and oxygen atoms in total. The van der Waals surface area contributed by atoms with Crippen molar-refractivity contribution in [3.05, 3.63) is 28.8 Å². The summed E-state index contributed by atoms with van der Waals surface area (Å²) in [4.78, 5) is 0. The smallest absolute Gasteiger partial charge is 0.125 e. The summed E-state index contributed by atoms with van der Waals surface area (Å²) in [6.07, 6.45) is 2.04. The van der Waals surface area contributed by atoms with Gasteiger partial charge < -0.3 is 4.74 Å². The zero-order chi connectivity index (χ0) is 14.8. The van der Waals surface area contributed by atoms with Gasteiger partial charge in [-0.05, 0) is 40.4 Å². The van der Waals surface area contributed by atoms with E-state index in [4.69, 9.17) is 4.74 Å². The molecule has 0 radical (unpaired) electrons. The Kier molecular flexibility index (Phi) is 4.71. The number of hydrogen-bond acceptors (Lipinski definition) is 1. The fourth-order valence-electron chi connectivity index (χ4n) is 2.34. The number of aryl methyl sites for hydroxylation is 2. The number of hydrogen-bond donors (Lipinski definition) is 0. The van der Waals surface area contributed by atoms with Crippen LogP contribution in [0.15, 0.2) is 12.1 Å². The summed E-state index contributed by atoms with van der Waals surface area (Å²) in [6.45, 7) is 16.0. The molecule has 1 aromatic rings. The Morgan fingerprint density at radius 1 is 0.895 bits per heavy atom. The Morgan fingerprint density at radius 2 is 1.32 bits per heavy atom. The van der Waals surface area contributed by atoms with Crippen molar-refractivity contribution in [2.45, 2.75) is 66.7 Å². The van der Waals surface area contributed by atoms with E-state index in [2.05, 4.69) is 60.6 Å². The van der Waals surface area contributed by atoms with Crippen LogP contribution in [0.1, 0.15) is 65.2 Å². The van der Waals surface area contributed by atoms with Crippen molar-refractivity contribution in [3.63, 3.8) is 0 Å². The lowest BCUT2D eigenvalue weighted by Crippen LogP contribution is -2.34. The van der Waals surface area contributed by atoms with Crippen LogP contribution in [-0.2, 0) is 18.3 Å². The minimum atomic E-state index is 0.146. The molecule has 108 valence electrons. The zero-order valence-electron chi connectivity index (χ0n) is 14.0. The quantitative estimate of drug-likeness (QED) is 0.729. The molecule has 1 aromatic carbocycles. The summed E-state index contributed by atoms with van der Waals surface area (Å²) >= 11 is 0. The van der Waals surface area contributed by atoms with Crippen molar-refractivity contribution < 1.29 is 4.74 Å². The van der Waals surface area contributed by atoms with Crippen LogP contribution < -0.4 is 4.74 Å². The third kappa shape index (κ3) is 2.96. The van der Waals surface area contributed by atoms with Crippen LogP contribution in [0.3, 0.4) is 0 Å². The van der Waals surface area contributed by atoms with E-state index < -0.39 is 0 Å². The largest absolute Gasteiger partial charge is 0.496 e. The van der Waals surface area contributed by atoms with Crippen molar-refractivity contribution in [1.82, 2.24) is 0 Å². The molecule has 0 heterocycles. The van der Waals surface area contributed by atoms with Crippen LogP contribution in [0.4, 0.5) is 0 Å². The third-order valence-electron chi connectivity index (χ3n) is 4.81. The predicted molar refractivity (Wildman–Crippen MR) is 84.2 cm³/mol. The van der Waals surface area contributed by atoms with Crippen LogP contribution in [-0.4, -0.2) is 7.11 Å². The standard InChI is InChI=1S/C18H30O/c1-9-13-11-15(18(6,7)17(3,4)5)12-14(10-2)16(13)19-8/h11-12H,9-10H2,1-8H3. The van der Waals surface area contributed by atoms with Gasteiger partial charge in [0.2, 0.25) is 0 Å². The van der Waals surface area contributed by atoms with E-state index in [1.54, 1.807) is 7.11 Å². The molecular formula is C18H30O. The Bertz CT molecular complexity index is 410. The summed E-state index contributed by atoms with van der Waals surface area (Å²) in [6, 6.07) is 4.67. The third-order valence-corrected chi connectivity index (χ3v) is 4.81. The van der Waals surface area contributed by atoms with E-state index in [0.29, 0.717) is 0 Å². The minimum absolute atomic E-state index is 0.146. The Hall–Kier alpha value is -0.980. The van der Waals surface area contributed by atoms with Crippen LogP contribution in [0.25, 0.3) is 0 Å². The minimum Gasteiger partial charge on any atom is -0.496 e. The molecule has 0 aliphatic heterocycles. The number of rotatable bonds is 4. The molecular weight excluding hydrogens is 232 g/mol. The summed E-state index contributed by atoms with van der Waals surface area (Å²) in [7, 11) is 1.78. The molecule has 0 atom stereocenters. The first-order valence-electron chi connectivity index (χ1n) is 7.39. The number of ether oxygens (including phenoxy) is 1. The highest BCUT2D eigenvalue weighted by molar-refractivity contribution is 5.47. The summed E-state index contributed by atoms with van der Waals surface area (Å²) < 4.78 is 5.61. The van der Waals surface area contributed by atoms with Gasteiger partial charge in [0, 0.05) is 0 Å². The molecule has 0 bridgehead atoms. The number of benzene rings is 1. The zero-order valence-corrected chi connectivity index (χ0v) is 14.0. The van der Waals surface area contributed by atoms with E-state index in [-0.39, 0.29) is 10.8 Å². The molecule has 0 N–H and O–H groups in total. The van der Waals surface area contributed by atoms with Crippen molar-refractivity contribution in [1.29, 1.82) is 0 Å². The molecule has 0 aliphatic rings. The molecule has 0 aromatic heterocycles. The van der Waals surface area contributed by atoms with Gasteiger partial charge in [0.25, 0.3) is 0 Å². The first kappa shape index (κ1) is 16.1. The van der Waals surface area contributed by atoms with Gasteiger partial charge in [0.05, 0.1) is 7.11 Å². The molecule has 19 heavy (non-hydrogen) atoms. The lowest BCUT2D eigenvalue weighted by atomic mass is 9.65. The number of methoxy groups -OCH3 is 1. The average molecular weight is 262 g/mol. The normalized spacial score (nSPS) is 12.6. The molecule has 0 saturated heterocycles. The molecule has 0 amide bonds. The van der Waals surface area contributed by atoms with Gasteiger partial charge in [-0.1, -0.05) is 60.6 Å². The van der Waals surface area contributed by atoms with E-state index >= 15 is 0 Å². The van der Waals surface area contributed by atoms with Crippen molar-refractivity contribution >= 4 is 0 Å². The summed E-state index contributed by atoms with van der Waals surface area (Å²) in [5, 5.41) is 0. The van der Waals surface area contributed by atoms with Crippen molar-refractivity contribution in [3.8, 4) is 5.75 Å². The van der Waals surface area contributed by atoms with Gasteiger partial charge in [-0.25, -0.2) is 0 Å². The maximum Gasteiger partial charge on any atom is 0.125 e. The van der Waals surface area contributed by atoms with Crippen LogP contribution in [0, 0.1) is 5.41 Å². The lowest BCUT2D eigenvalue weighted by molar-refractivity contribution is 0.225. The van der Waals surface area contributed by atoms with Gasteiger partial charge >= 0.3 is 0 Å². The van der Waals surface area contributed by atoms with Gasteiger partial charge in [-0.2, -0.15) is 0 Å². The second-order valence-corrected chi connectivity index (χ2v) is 6.91. The van der Waals surface area contributed by atoms with E-state index in [0.717, 1.165) is 18.6 Å². The van der Waals surface area contributed by atoms with Crippen LogP contribution >= 0.6 is 0 Å². The van der Waals surface area contributed by atoms with Gasteiger partial charge in [0.15, 0.2) is 0 Å². The van der Waals surface area contributed by atoms with E-state index in [1.807, 2.05) is 0 Å². The molecule has 1 heteroatoms. The molecule has 0 aliphatic carbocycles. The molecule has 1 rings (SSSR count). The molecule has 0 saturated carbocycles. The SMILES string of the molecule is CCc1cc(C(C)(C)C(C)(C)C)cc(CC)c1OC. The molecule has 0 spiro atoms. The lowest BCUT2D eigenvalue weighted by Gasteiger charge is -2.40. The first-order valence-corrected chi connectivity index (χ1v) is 7.39. The monoisotopic (exact) mass is 262 g/mol. The highest BCUT2D eigenvalue weighted by Gasteiger charge is 2.35. The fourth-order valence-corrected chi connectivity index (χ4v) is 2.34. The first-order chi connectivity index (χ1) is 8.68. The molecule has 0 fully saturated rings. The molecule has 0 unspecified atom stereocenters. The Balaban J connectivity index is 3.47. The van der Waals surface area contributed by atoms with Crippen LogP contribution in [0.5, 0.6) is 5.75 Å². The summed E-state index contributed by atoms with van der Waals surface area (Å²) in [5.41, 5.74) is 4.46. The maximum atomic E-state index is 5.61. The average Bonchev–Trinajstić information content (AvgIpc) is 2.35. The maximum absolute atomic E-state index is 5.61. The van der Waals surface area contributed by atoms with Crippen molar-refractivity contribution in [2.75, 3.05) is 7.11 Å². The van der Waals surface area contributed by atoms with Gasteiger partial charge in [-0.15, -0.1) is 0 Å². The Labute approximate surface area is 119 Å². The Morgan fingerprint density at radius 3 is 1.58 bits per heavy atom. The van der Waals surface area contributed by atoms with Gasteiger partial charge in [0.1, 0.15) is 5.75 Å². The van der Waals surface area contributed by atoms with Gasteiger partial charge in [-0.3, -0.25) is 0 Å². The van der Waals surface area contributed by atoms with Crippen LogP contribution in [0.2, 0.25) is 0 Å². The highest BCUT2D eigenvalue weighted by Crippen LogP contribution is 2.43. The predicted octanol–water partition coefficient (Wildman–Crippen LogP) is 5.14. The van der Waals surface area contributed by atoms with Crippen molar-refractivity contribution in [2.24, 2.45) is 5.41 Å².